The van der Waals surface area contributed by atoms with Gasteiger partial charge in [-0.3, -0.25) is 0 Å². The third kappa shape index (κ3) is 1.71. The van der Waals surface area contributed by atoms with Gasteiger partial charge in [-0.2, -0.15) is 0 Å². The molecule has 0 aliphatic heterocycles. The minimum Gasteiger partial charge on any atom is -0.478 e. The molecule has 0 radical (unpaired) electrons. The molecule has 4 rings (SSSR count). The number of hydrogen-bond donors (Lipinski definition) is 2. The van der Waals surface area contributed by atoms with Crippen LogP contribution in [0.3, 0.4) is 0 Å². The second-order valence-electron chi connectivity index (χ2n) is 6.46. The van der Waals surface area contributed by atoms with Gasteiger partial charge in [0.1, 0.15) is 0 Å². The van der Waals surface area contributed by atoms with E-state index >= 15 is 0 Å². The Labute approximate surface area is 102 Å². The van der Waals surface area contributed by atoms with Crippen LogP contribution in [0.15, 0.2) is 11.6 Å². The predicted molar refractivity (Wildman–Crippen MR) is 63.4 cm³/mol. The van der Waals surface area contributed by atoms with Gasteiger partial charge in [0.15, 0.2) is 0 Å². The zero-order valence-corrected chi connectivity index (χ0v) is 10.2. The Kier molecular flexibility index (Phi) is 2.37. The molecule has 2 unspecified atom stereocenters. The lowest BCUT2D eigenvalue weighted by Gasteiger charge is -2.58. The van der Waals surface area contributed by atoms with E-state index in [-0.39, 0.29) is 11.5 Å². The quantitative estimate of drug-likeness (QED) is 0.723. The number of rotatable bonds is 2. The van der Waals surface area contributed by atoms with Crippen LogP contribution in [-0.4, -0.2) is 22.3 Å². The van der Waals surface area contributed by atoms with Crippen LogP contribution in [0.2, 0.25) is 0 Å². The predicted octanol–water partition coefficient (Wildman–Crippen LogP) is 2.20. The lowest BCUT2D eigenvalue weighted by Crippen LogP contribution is -2.52. The van der Waals surface area contributed by atoms with Crippen LogP contribution in [0.25, 0.3) is 0 Å². The molecule has 3 nitrogen and oxygen atoms in total. The largest absolute Gasteiger partial charge is 0.478 e. The maximum atomic E-state index is 11.0. The van der Waals surface area contributed by atoms with E-state index < -0.39 is 5.97 Å². The summed E-state index contributed by atoms with van der Waals surface area (Å²) in [6.07, 6.45) is 7.29. The topological polar surface area (TPSA) is 57.5 Å². The monoisotopic (exact) mass is 236 g/mol. The minimum atomic E-state index is -0.804. The molecule has 3 heteroatoms. The maximum Gasteiger partial charge on any atom is 0.330 e. The molecule has 2 N–H and O–H groups in total. The summed E-state index contributed by atoms with van der Waals surface area (Å²) < 4.78 is 0. The van der Waals surface area contributed by atoms with E-state index in [4.69, 9.17) is 5.11 Å². The van der Waals surface area contributed by atoms with Gasteiger partial charge in [-0.15, -0.1) is 0 Å². The third-order valence-corrected chi connectivity index (χ3v) is 5.13. The summed E-state index contributed by atoms with van der Waals surface area (Å²) in [5.41, 5.74) is 0.555. The Morgan fingerprint density at radius 3 is 2.35 bits per heavy atom. The van der Waals surface area contributed by atoms with Gasteiger partial charge in [-0.1, -0.05) is 6.08 Å². The first-order valence-electron chi connectivity index (χ1n) is 6.60. The second-order valence-corrected chi connectivity index (χ2v) is 6.46. The van der Waals surface area contributed by atoms with Gasteiger partial charge in [0, 0.05) is 5.57 Å². The fourth-order valence-electron chi connectivity index (χ4n) is 4.76. The van der Waals surface area contributed by atoms with Crippen LogP contribution >= 0.6 is 0 Å². The molecule has 0 saturated heterocycles. The lowest BCUT2D eigenvalue weighted by molar-refractivity contribution is -0.133. The lowest BCUT2D eigenvalue weighted by atomic mass is 9.48. The van der Waals surface area contributed by atoms with Gasteiger partial charge in [-0.05, 0) is 62.2 Å². The van der Waals surface area contributed by atoms with Gasteiger partial charge < -0.3 is 10.2 Å². The number of hydrogen-bond acceptors (Lipinski definition) is 2. The Balaban J connectivity index is 1.90. The van der Waals surface area contributed by atoms with Crippen LogP contribution in [0.5, 0.6) is 0 Å². The number of allylic oxidation sites excluding steroid dienone is 1. The van der Waals surface area contributed by atoms with Crippen LogP contribution in [0, 0.1) is 23.2 Å². The molecule has 94 valence electrons. The van der Waals surface area contributed by atoms with Crippen molar-refractivity contribution in [1.29, 1.82) is 0 Å². The van der Waals surface area contributed by atoms with Gasteiger partial charge >= 0.3 is 5.97 Å². The van der Waals surface area contributed by atoms with Crippen molar-refractivity contribution in [2.24, 2.45) is 23.2 Å². The average molecular weight is 236 g/mol. The summed E-state index contributed by atoms with van der Waals surface area (Å²) in [6, 6.07) is 0. The van der Waals surface area contributed by atoms with Crippen LogP contribution in [-0.2, 0) is 4.79 Å². The average Bonchev–Trinajstić information content (AvgIpc) is 2.23. The van der Waals surface area contributed by atoms with Crippen molar-refractivity contribution in [3.05, 3.63) is 11.6 Å². The molecule has 0 spiro atoms. The molecule has 0 amide bonds. The summed E-state index contributed by atoms with van der Waals surface area (Å²) in [5.74, 6) is 0.744. The van der Waals surface area contributed by atoms with E-state index in [1.807, 2.05) is 6.08 Å². The number of carbonyl (C=O) groups is 1. The number of carboxylic acid groups (broad SMARTS) is 1. The zero-order chi connectivity index (χ0) is 12.2. The molecule has 0 aromatic rings. The highest BCUT2D eigenvalue weighted by molar-refractivity contribution is 5.85. The summed E-state index contributed by atoms with van der Waals surface area (Å²) >= 11 is 0. The van der Waals surface area contributed by atoms with Crippen molar-refractivity contribution in [2.75, 3.05) is 0 Å². The second kappa shape index (κ2) is 3.58. The molecule has 4 saturated carbocycles. The van der Waals surface area contributed by atoms with E-state index in [1.54, 1.807) is 6.92 Å². The Hall–Kier alpha value is -0.830. The van der Waals surface area contributed by atoms with E-state index in [0.717, 1.165) is 32.1 Å². The van der Waals surface area contributed by atoms with Gasteiger partial charge in [0.05, 0.1) is 6.10 Å². The van der Waals surface area contributed by atoms with Crippen LogP contribution in [0.1, 0.15) is 39.0 Å². The number of aliphatic carboxylic acids is 1. The molecule has 0 aromatic heterocycles. The molecule has 0 heterocycles. The molecule has 4 aliphatic rings. The molecule has 2 atom stereocenters. The molecule has 17 heavy (non-hydrogen) atoms. The Bertz CT molecular complexity index is 369. The van der Waals surface area contributed by atoms with Crippen molar-refractivity contribution >= 4 is 5.97 Å². The fourth-order valence-corrected chi connectivity index (χ4v) is 4.76. The van der Waals surface area contributed by atoms with Gasteiger partial charge in [-0.25, -0.2) is 4.79 Å². The summed E-state index contributed by atoms with van der Waals surface area (Å²) in [6.45, 7) is 1.69. The van der Waals surface area contributed by atoms with Crippen molar-refractivity contribution in [2.45, 2.75) is 45.1 Å². The van der Waals surface area contributed by atoms with Crippen molar-refractivity contribution in [3.8, 4) is 0 Å². The first-order valence-corrected chi connectivity index (χ1v) is 6.60. The maximum absolute atomic E-state index is 11.0. The number of carboxylic acids is 1. The van der Waals surface area contributed by atoms with Crippen molar-refractivity contribution in [3.63, 3.8) is 0 Å². The number of aliphatic hydroxyl groups is 1. The molecule has 0 aromatic carbocycles. The van der Waals surface area contributed by atoms with E-state index in [0.29, 0.717) is 23.3 Å². The van der Waals surface area contributed by atoms with Crippen LogP contribution in [0.4, 0.5) is 0 Å². The van der Waals surface area contributed by atoms with Gasteiger partial charge in [0.25, 0.3) is 0 Å². The highest BCUT2D eigenvalue weighted by atomic mass is 16.4. The zero-order valence-electron chi connectivity index (χ0n) is 10.2. The standard InChI is InChI=1S/C14H20O3/c1-8(13(16)17)4-14-5-9-2-10(6-14)12(15)11(3-9)7-14/h4,9-12,15H,2-3,5-7H2,1H3,(H,16,17). The highest BCUT2D eigenvalue weighted by Crippen LogP contribution is 2.60. The Morgan fingerprint density at radius 2 is 1.82 bits per heavy atom. The van der Waals surface area contributed by atoms with E-state index in [2.05, 4.69) is 0 Å². The Morgan fingerprint density at radius 1 is 1.24 bits per heavy atom. The smallest absolute Gasteiger partial charge is 0.330 e. The van der Waals surface area contributed by atoms with E-state index in [1.165, 1.54) is 0 Å². The first-order chi connectivity index (χ1) is 7.99. The molecular weight excluding hydrogens is 216 g/mol. The number of aliphatic hydroxyl groups excluding tert-OH is 1. The van der Waals surface area contributed by atoms with Gasteiger partial charge in [0.2, 0.25) is 0 Å². The first kappa shape index (κ1) is 11.3. The molecule has 4 fully saturated rings. The van der Waals surface area contributed by atoms with E-state index in [9.17, 15) is 9.90 Å². The molecular formula is C14H20O3. The fraction of sp³-hybridized carbons (Fsp3) is 0.786. The summed E-state index contributed by atoms with van der Waals surface area (Å²) in [4.78, 5) is 11.0. The minimum absolute atomic E-state index is 0.0816. The SMILES string of the molecule is CC(=CC12CC3CC(C1)C(O)C(C3)C2)C(=O)O. The summed E-state index contributed by atoms with van der Waals surface area (Å²) in [7, 11) is 0. The normalized spacial score (nSPS) is 48.5. The van der Waals surface area contributed by atoms with Crippen molar-refractivity contribution in [1.82, 2.24) is 0 Å². The van der Waals surface area contributed by atoms with Crippen LogP contribution < -0.4 is 0 Å². The molecule has 4 aliphatic carbocycles. The summed E-state index contributed by atoms with van der Waals surface area (Å²) in [5, 5.41) is 19.2. The highest BCUT2D eigenvalue weighted by Gasteiger charge is 2.54. The third-order valence-electron chi connectivity index (χ3n) is 5.13. The van der Waals surface area contributed by atoms with Crippen molar-refractivity contribution < 1.29 is 15.0 Å². The molecule has 4 bridgehead atoms.